The summed E-state index contributed by atoms with van der Waals surface area (Å²) >= 11 is 1.06. The molecule has 10 heteroatoms. The molecule has 6 rings (SSSR count). The maximum atomic E-state index is 13.7. The molecular weight excluding hydrogens is 501 g/mol. The minimum Gasteiger partial charge on any atom is -0.335 e. The SMILES string of the molecule is Cn1nc(-c2nc3c(-c4ccc(F)s4)cncc3[nH]2)c2cc(-c3cncc(NC(=O)C(C)(C)C)c3)ccc21. The van der Waals surface area contributed by atoms with Gasteiger partial charge in [0.05, 0.1) is 29.1 Å². The lowest BCUT2D eigenvalue weighted by atomic mass is 9.95. The number of fused-ring (bicyclic) bond motifs is 2. The van der Waals surface area contributed by atoms with E-state index in [9.17, 15) is 9.18 Å². The van der Waals surface area contributed by atoms with Crippen molar-refractivity contribution in [3.8, 4) is 33.1 Å². The van der Waals surface area contributed by atoms with Crippen LogP contribution in [0.25, 0.3) is 55.0 Å². The summed E-state index contributed by atoms with van der Waals surface area (Å²) in [5.74, 6) is 0.517. The molecule has 0 aliphatic carbocycles. The third-order valence-electron chi connectivity index (χ3n) is 6.32. The molecule has 1 aromatic carbocycles. The average Bonchev–Trinajstić information content (AvgIpc) is 3.60. The van der Waals surface area contributed by atoms with E-state index in [-0.39, 0.29) is 11.0 Å². The van der Waals surface area contributed by atoms with Crippen LogP contribution in [0.5, 0.6) is 0 Å². The van der Waals surface area contributed by atoms with Gasteiger partial charge in [0.15, 0.2) is 11.0 Å². The Morgan fingerprint density at radius 2 is 1.84 bits per heavy atom. The number of rotatable bonds is 4. The summed E-state index contributed by atoms with van der Waals surface area (Å²) in [6, 6.07) is 11.1. The fraction of sp³-hybridized carbons (Fsp3) is 0.179. The minimum atomic E-state index is -0.515. The number of nitrogens with one attached hydrogen (secondary N) is 2. The first-order valence-corrected chi connectivity index (χ1v) is 12.8. The lowest BCUT2D eigenvalue weighted by molar-refractivity contribution is -0.123. The number of imidazole rings is 1. The van der Waals surface area contributed by atoms with Gasteiger partial charge >= 0.3 is 0 Å². The Morgan fingerprint density at radius 1 is 1.03 bits per heavy atom. The molecule has 0 unspecified atom stereocenters. The van der Waals surface area contributed by atoms with Crippen LogP contribution in [0.3, 0.4) is 0 Å². The van der Waals surface area contributed by atoms with E-state index in [0.29, 0.717) is 22.7 Å². The Morgan fingerprint density at radius 3 is 2.61 bits per heavy atom. The Kier molecular flexibility index (Phi) is 5.57. The highest BCUT2D eigenvalue weighted by Crippen LogP contribution is 2.35. The second-order valence-electron chi connectivity index (χ2n) is 10.1. The molecule has 0 radical (unpaired) electrons. The number of carbonyl (C=O) groups excluding carboxylic acids is 1. The number of benzene rings is 1. The van der Waals surface area contributed by atoms with Crippen LogP contribution in [0.1, 0.15) is 20.8 Å². The molecule has 5 heterocycles. The van der Waals surface area contributed by atoms with Gasteiger partial charge in [0, 0.05) is 46.2 Å². The number of halogens is 1. The molecule has 0 bridgehead atoms. The number of thiophene rings is 1. The third kappa shape index (κ3) is 4.22. The van der Waals surface area contributed by atoms with Crippen LogP contribution in [0.15, 0.2) is 61.2 Å². The number of amides is 1. The van der Waals surface area contributed by atoms with Gasteiger partial charge in [0.2, 0.25) is 5.91 Å². The van der Waals surface area contributed by atoms with Crippen molar-refractivity contribution >= 4 is 44.9 Å². The van der Waals surface area contributed by atoms with E-state index in [0.717, 1.165) is 49.3 Å². The first-order chi connectivity index (χ1) is 18.2. The van der Waals surface area contributed by atoms with E-state index in [4.69, 9.17) is 10.1 Å². The van der Waals surface area contributed by atoms with Crippen LogP contribution < -0.4 is 5.32 Å². The molecule has 190 valence electrons. The Labute approximate surface area is 221 Å². The van der Waals surface area contributed by atoms with Crippen LogP contribution in [-0.4, -0.2) is 35.6 Å². The number of aromatic nitrogens is 6. The summed E-state index contributed by atoms with van der Waals surface area (Å²) in [5, 5.41) is 8.35. The fourth-order valence-electron chi connectivity index (χ4n) is 4.29. The standard InChI is InChI=1S/C28H24FN7OS/c1-28(2,3)27(37)32-17-9-16(11-30-12-17)15-5-6-21-18(10-15)25(35-36(21)4)26-33-20-14-31-13-19(24(20)34-26)22-7-8-23(29)38-22/h5-14H,1-4H3,(H,32,37)(H,33,34). The lowest BCUT2D eigenvalue weighted by Crippen LogP contribution is -2.27. The largest absolute Gasteiger partial charge is 0.335 e. The first kappa shape index (κ1) is 23.9. The molecule has 0 saturated heterocycles. The van der Waals surface area contributed by atoms with Crippen LogP contribution in [-0.2, 0) is 11.8 Å². The summed E-state index contributed by atoms with van der Waals surface area (Å²) in [5.41, 5.74) is 5.76. The van der Waals surface area contributed by atoms with E-state index in [1.54, 1.807) is 30.9 Å². The number of aromatic amines is 1. The maximum Gasteiger partial charge on any atom is 0.229 e. The highest BCUT2D eigenvalue weighted by atomic mass is 32.1. The molecule has 5 aromatic heterocycles. The second-order valence-corrected chi connectivity index (χ2v) is 11.2. The number of hydrogen-bond donors (Lipinski definition) is 2. The number of H-pyrrole nitrogens is 1. The Hall–Kier alpha value is -4.44. The van der Waals surface area contributed by atoms with Gasteiger partial charge in [-0.25, -0.2) is 4.98 Å². The van der Waals surface area contributed by atoms with Crippen molar-refractivity contribution < 1.29 is 9.18 Å². The van der Waals surface area contributed by atoms with Crippen LogP contribution in [0.4, 0.5) is 10.1 Å². The number of aryl methyl sites for hydroxylation is 1. The van der Waals surface area contributed by atoms with Crippen molar-refractivity contribution in [3.05, 3.63) is 66.3 Å². The van der Waals surface area contributed by atoms with Crippen molar-refractivity contribution in [2.24, 2.45) is 12.5 Å². The molecule has 0 aliphatic rings. The summed E-state index contributed by atoms with van der Waals surface area (Å²) in [6.07, 6.45) is 6.81. The van der Waals surface area contributed by atoms with Crippen molar-refractivity contribution in [1.82, 2.24) is 29.7 Å². The van der Waals surface area contributed by atoms with E-state index in [1.165, 1.54) is 6.07 Å². The second kappa shape index (κ2) is 8.84. The van der Waals surface area contributed by atoms with Gasteiger partial charge in [0.25, 0.3) is 0 Å². The molecule has 6 aromatic rings. The summed E-state index contributed by atoms with van der Waals surface area (Å²) < 4.78 is 15.5. The predicted molar refractivity (Wildman–Crippen MR) is 148 cm³/mol. The van der Waals surface area contributed by atoms with E-state index < -0.39 is 5.41 Å². The molecule has 2 N–H and O–H groups in total. The highest BCUT2D eigenvalue weighted by Gasteiger charge is 2.22. The van der Waals surface area contributed by atoms with E-state index >= 15 is 0 Å². The Bertz CT molecular complexity index is 1840. The van der Waals surface area contributed by atoms with Crippen molar-refractivity contribution in [2.45, 2.75) is 20.8 Å². The smallest absolute Gasteiger partial charge is 0.229 e. The summed E-state index contributed by atoms with van der Waals surface area (Å²) in [6.45, 7) is 5.60. The van der Waals surface area contributed by atoms with Gasteiger partial charge < -0.3 is 10.3 Å². The lowest BCUT2D eigenvalue weighted by Gasteiger charge is -2.17. The van der Waals surface area contributed by atoms with Crippen molar-refractivity contribution in [1.29, 1.82) is 0 Å². The van der Waals surface area contributed by atoms with Gasteiger partial charge in [-0.2, -0.15) is 9.49 Å². The van der Waals surface area contributed by atoms with E-state index in [1.807, 2.05) is 56.8 Å². The van der Waals surface area contributed by atoms with E-state index in [2.05, 4.69) is 20.3 Å². The Balaban J connectivity index is 1.43. The quantitative estimate of drug-likeness (QED) is 0.276. The molecule has 0 aliphatic heterocycles. The number of nitrogens with zero attached hydrogens (tertiary/aromatic N) is 5. The molecule has 1 amide bonds. The van der Waals surface area contributed by atoms with Gasteiger partial charge in [-0.05, 0) is 35.9 Å². The van der Waals surface area contributed by atoms with Crippen molar-refractivity contribution in [3.63, 3.8) is 0 Å². The summed E-state index contributed by atoms with van der Waals surface area (Å²) in [7, 11) is 1.89. The third-order valence-corrected chi connectivity index (χ3v) is 7.23. The number of hydrogen-bond acceptors (Lipinski definition) is 6. The normalized spacial score (nSPS) is 11.9. The molecular formula is C28H24FN7OS. The van der Waals surface area contributed by atoms with Crippen LogP contribution in [0.2, 0.25) is 0 Å². The molecule has 0 saturated carbocycles. The first-order valence-electron chi connectivity index (χ1n) is 12.0. The zero-order chi connectivity index (χ0) is 26.6. The molecule has 38 heavy (non-hydrogen) atoms. The number of carbonyl (C=O) groups is 1. The van der Waals surface area contributed by atoms with Gasteiger partial charge in [-0.15, -0.1) is 11.3 Å². The zero-order valence-electron chi connectivity index (χ0n) is 21.2. The summed E-state index contributed by atoms with van der Waals surface area (Å²) in [4.78, 5) is 30.1. The highest BCUT2D eigenvalue weighted by molar-refractivity contribution is 7.14. The predicted octanol–water partition coefficient (Wildman–Crippen LogP) is 6.43. The fourth-order valence-corrected chi connectivity index (χ4v) is 5.03. The number of pyridine rings is 2. The van der Waals surface area contributed by atoms with Crippen LogP contribution in [0, 0.1) is 10.5 Å². The van der Waals surface area contributed by atoms with Crippen LogP contribution >= 0.6 is 11.3 Å². The zero-order valence-corrected chi connectivity index (χ0v) is 22.0. The number of anilines is 1. The maximum absolute atomic E-state index is 13.7. The van der Waals surface area contributed by atoms with Gasteiger partial charge in [-0.3, -0.25) is 19.4 Å². The van der Waals surface area contributed by atoms with Gasteiger partial charge in [-0.1, -0.05) is 26.8 Å². The average molecular weight is 526 g/mol. The monoisotopic (exact) mass is 525 g/mol. The topological polar surface area (TPSA) is 101 Å². The molecule has 8 nitrogen and oxygen atoms in total. The van der Waals surface area contributed by atoms with Crippen molar-refractivity contribution in [2.75, 3.05) is 5.32 Å². The molecule has 0 fully saturated rings. The minimum absolute atomic E-state index is 0.0783. The molecule has 0 spiro atoms. The molecule has 0 atom stereocenters. The van der Waals surface area contributed by atoms with Gasteiger partial charge in [0.1, 0.15) is 11.2 Å².